The lowest BCUT2D eigenvalue weighted by atomic mass is 9.94. The zero-order valence-electron chi connectivity index (χ0n) is 26.1. The van der Waals surface area contributed by atoms with E-state index in [1.54, 1.807) is 24.3 Å². The molecular formula is C39H29Cl2F2N5. The normalized spacial score (nSPS) is 13.7. The Hall–Kier alpha value is -4.82. The van der Waals surface area contributed by atoms with E-state index >= 15 is 8.78 Å². The SMILES string of the molecule is CN(C)C(n1cc2c(c1)-c1ccc(Cl)cc1C(c1ccccc1F)=NC2)n1cc2c(c1)-c1ccc(Cl)cc1C(c1ccccc1F)=NC2. The first-order chi connectivity index (χ1) is 23.3. The topological polar surface area (TPSA) is 37.8 Å². The van der Waals surface area contributed by atoms with Crippen LogP contribution in [-0.2, 0) is 13.1 Å². The number of fused-ring (bicyclic) bond motifs is 6. The van der Waals surface area contributed by atoms with Gasteiger partial charge in [-0.1, -0.05) is 59.6 Å². The third-order valence-corrected chi connectivity index (χ3v) is 9.45. The molecule has 0 radical (unpaired) electrons. The first-order valence-corrected chi connectivity index (χ1v) is 16.3. The monoisotopic (exact) mass is 675 g/mol. The van der Waals surface area contributed by atoms with Crippen molar-refractivity contribution in [3.63, 3.8) is 0 Å². The predicted molar refractivity (Wildman–Crippen MR) is 189 cm³/mol. The number of hydrogen-bond donors (Lipinski definition) is 0. The van der Waals surface area contributed by atoms with Crippen LogP contribution < -0.4 is 0 Å². The number of hydrogen-bond acceptors (Lipinski definition) is 3. The maximum Gasteiger partial charge on any atom is 0.166 e. The van der Waals surface area contributed by atoms with E-state index < -0.39 is 0 Å². The minimum atomic E-state index is -0.326. The van der Waals surface area contributed by atoms with Crippen LogP contribution in [-0.4, -0.2) is 39.6 Å². The summed E-state index contributed by atoms with van der Waals surface area (Å²) in [6.07, 6.45) is 8.24. The summed E-state index contributed by atoms with van der Waals surface area (Å²) in [6, 6.07) is 24.8. The maximum absolute atomic E-state index is 15.0. The molecule has 0 fully saturated rings. The van der Waals surface area contributed by atoms with E-state index in [2.05, 4.69) is 38.8 Å². The van der Waals surface area contributed by atoms with Gasteiger partial charge < -0.3 is 9.13 Å². The molecule has 0 amide bonds. The molecule has 2 aliphatic heterocycles. The van der Waals surface area contributed by atoms with Gasteiger partial charge in [0.25, 0.3) is 0 Å². The van der Waals surface area contributed by atoms with E-state index in [-0.39, 0.29) is 17.9 Å². The summed E-state index contributed by atoms with van der Waals surface area (Å²) in [6.45, 7) is 0.755. The summed E-state index contributed by atoms with van der Waals surface area (Å²) in [4.78, 5) is 12.0. The molecule has 0 saturated carbocycles. The van der Waals surface area contributed by atoms with Crippen molar-refractivity contribution in [1.82, 2.24) is 14.0 Å². The molecule has 9 heteroatoms. The molecule has 0 spiro atoms. The van der Waals surface area contributed by atoms with Crippen molar-refractivity contribution in [2.45, 2.75) is 19.4 Å². The van der Waals surface area contributed by atoms with Crippen LogP contribution in [0.5, 0.6) is 0 Å². The van der Waals surface area contributed by atoms with Gasteiger partial charge in [-0.05, 0) is 84.9 Å². The molecular weight excluding hydrogens is 647 g/mol. The summed E-state index contributed by atoms with van der Waals surface area (Å²) in [5.41, 5.74) is 9.57. The molecule has 0 N–H and O–H groups in total. The average Bonchev–Trinajstić information content (AvgIpc) is 3.59. The van der Waals surface area contributed by atoms with E-state index in [1.807, 2.05) is 62.6 Å². The number of halogens is 4. The Morgan fingerprint density at radius 2 is 1.00 bits per heavy atom. The number of benzene rings is 4. The Balaban J connectivity index is 1.22. The molecule has 0 bridgehead atoms. The van der Waals surface area contributed by atoms with Gasteiger partial charge in [0.1, 0.15) is 11.6 Å². The smallest absolute Gasteiger partial charge is 0.166 e. The van der Waals surface area contributed by atoms with Gasteiger partial charge in [0.15, 0.2) is 6.29 Å². The van der Waals surface area contributed by atoms with Gasteiger partial charge in [0.05, 0.1) is 24.5 Å². The fraction of sp³-hybridized carbons (Fsp3) is 0.128. The minimum absolute atomic E-state index is 0.236. The highest BCUT2D eigenvalue weighted by Crippen LogP contribution is 2.39. The third-order valence-electron chi connectivity index (χ3n) is 8.98. The number of nitrogens with zero attached hydrogens (tertiary/aromatic N) is 5. The summed E-state index contributed by atoms with van der Waals surface area (Å²) >= 11 is 13.0. The highest BCUT2D eigenvalue weighted by Gasteiger charge is 2.28. The molecule has 4 heterocycles. The van der Waals surface area contributed by atoms with Gasteiger partial charge in [-0.15, -0.1) is 0 Å². The average molecular weight is 677 g/mol. The van der Waals surface area contributed by atoms with Crippen LogP contribution in [0.3, 0.4) is 0 Å². The fourth-order valence-electron chi connectivity index (χ4n) is 6.89. The predicted octanol–water partition coefficient (Wildman–Crippen LogP) is 9.48. The quantitative estimate of drug-likeness (QED) is 0.179. The number of rotatable bonds is 5. The van der Waals surface area contributed by atoms with Crippen LogP contribution in [0.25, 0.3) is 22.3 Å². The van der Waals surface area contributed by atoms with Crippen molar-refractivity contribution in [3.8, 4) is 22.3 Å². The van der Waals surface area contributed by atoms with Crippen LogP contribution >= 0.6 is 23.2 Å². The van der Waals surface area contributed by atoms with E-state index in [1.165, 1.54) is 12.1 Å². The Labute approximate surface area is 287 Å². The summed E-state index contributed by atoms with van der Waals surface area (Å²) in [5.74, 6) is -0.652. The second-order valence-corrected chi connectivity index (χ2v) is 13.1. The summed E-state index contributed by atoms with van der Waals surface area (Å²) < 4.78 is 34.4. The summed E-state index contributed by atoms with van der Waals surface area (Å²) in [5, 5.41) is 1.12. The lowest BCUT2D eigenvalue weighted by molar-refractivity contribution is 0.181. The first-order valence-electron chi connectivity index (χ1n) is 15.5. The highest BCUT2D eigenvalue weighted by molar-refractivity contribution is 6.32. The molecule has 5 nitrogen and oxygen atoms in total. The van der Waals surface area contributed by atoms with Crippen molar-refractivity contribution in [2.75, 3.05) is 14.1 Å². The van der Waals surface area contributed by atoms with E-state index in [4.69, 9.17) is 33.2 Å². The van der Waals surface area contributed by atoms with Crippen LogP contribution in [0, 0.1) is 11.6 Å². The molecule has 0 saturated heterocycles. The van der Waals surface area contributed by atoms with Crippen molar-refractivity contribution in [3.05, 3.63) is 165 Å². The second kappa shape index (κ2) is 12.0. The van der Waals surface area contributed by atoms with Gasteiger partial charge in [0, 0.05) is 68.2 Å². The zero-order chi connectivity index (χ0) is 33.1. The van der Waals surface area contributed by atoms with Gasteiger partial charge in [-0.2, -0.15) is 0 Å². The standard InChI is InChI=1S/C39H29Cl2F2N5/c1-46(2)39(47-19-23-17-44-37(29-7-3-5-9-35(29)42)31-15-25(40)11-13-27(31)33(23)21-47)48-20-24-18-45-38(30-8-4-6-10-36(30)43)32-16-26(41)12-14-28(32)34(24)22-48/h3-16,19-22,39H,17-18H2,1-2H3. The van der Waals surface area contributed by atoms with Crippen molar-refractivity contribution < 1.29 is 8.78 Å². The van der Waals surface area contributed by atoms with Gasteiger partial charge in [-0.25, -0.2) is 8.78 Å². The molecule has 0 atom stereocenters. The first kappa shape index (κ1) is 30.5. The molecule has 238 valence electrons. The Morgan fingerprint density at radius 3 is 1.42 bits per heavy atom. The molecule has 0 unspecified atom stereocenters. The van der Waals surface area contributed by atoms with Crippen LogP contribution in [0.15, 0.2) is 120 Å². The zero-order valence-corrected chi connectivity index (χ0v) is 27.6. The highest BCUT2D eigenvalue weighted by atomic mass is 35.5. The van der Waals surface area contributed by atoms with E-state index in [0.717, 1.165) is 44.5 Å². The van der Waals surface area contributed by atoms with Crippen LogP contribution in [0.1, 0.15) is 39.7 Å². The Kier molecular flexibility index (Phi) is 7.63. The largest absolute Gasteiger partial charge is 0.320 e. The Morgan fingerprint density at radius 1 is 0.562 bits per heavy atom. The maximum atomic E-state index is 15.0. The van der Waals surface area contributed by atoms with E-state index in [0.29, 0.717) is 45.7 Å². The molecule has 0 aliphatic carbocycles. The molecule has 2 aromatic heterocycles. The Bertz CT molecular complexity index is 2140. The molecule has 8 rings (SSSR count). The molecule has 2 aliphatic rings. The van der Waals surface area contributed by atoms with E-state index in [9.17, 15) is 0 Å². The molecule has 4 aromatic carbocycles. The van der Waals surface area contributed by atoms with Gasteiger partial charge in [-0.3, -0.25) is 14.9 Å². The number of aliphatic imine (C=N–C) groups is 2. The van der Waals surface area contributed by atoms with Crippen LogP contribution in [0.4, 0.5) is 8.78 Å². The second-order valence-electron chi connectivity index (χ2n) is 12.3. The van der Waals surface area contributed by atoms with Gasteiger partial charge in [0.2, 0.25) is 0 Å². The molecule has 48 heavy (non-hydrogen) atoms. The van der Waals surface area contributed by atoms with Crippen molar-refractivity contribution >= 4 is 34.6 Å². The third kappa shape index (κ3) is 5.19. The van der Waals surface area contributed by atoms with Gasteiger partial charge >= 0.3 is 0 Å². The van der Waals surface area contributed by atoms with Crippen molar-refractivity contribution in [2.24, 2.45) is 9.98 Å². The van der Waals surface area contributed by atoms with Crippen molar-refractivity contribution in [1.29, 1.82) is 0 Å². The number of aromatic nitrogens is 2. The lowest BCUT2D eigenvalue weighted by Crippen LogP contribution is -2.30. The lowest BCUT2D eigenvalue weighted by Gasteiger charge is -2.27. The fourth-order valence-corrected chi connectivity index (χ4v) is 7.23. The van der Waals surface area contributed by atoms with Crippen LogP contribution in [0.2, 0.25) is 10.0 Å². The molecule has 6 aromatic rings. The summed E-state index contributed by atoms with van der Waals surface area (Å²) in [7, 11) is 4.07. The minimum Gasteiger partial charge on any atom is -0.320 e.